The summed E-state index contributed by atoms with van der Waals surface area (Å²) in [6, 6.07) is 8.75. The van der Waals surface area contributed by atoms with Gasteiger partial charge < -0.3 is 19.7 Å². The minimum atomic E-state index is 0. The second kappa shape index (κ2) is 13.2. The van der Waals surface area contributed by atoms with Gasteiger partial charge in [0.2, 0.25) is 0 Å². The monoisotopic (exact) mass is 504 g/mol. The fraction of sp³-hybridized carbons (Fsp3) is 0.667. The van der Waals surface area contributed by atoms with Crippen molar-refractivity contribution >= 4 is 29.9 Å². The molecule has 1 unspecified atom stereocenters. The molecule has 0 bridgehead atoms. The van der Waals surface area contributed by atoms with Gasteiger partial charge in [-0.2, -0.15) is 0 Å². The summed E-state index contributed by atoms with van der Waals surface area (Å²) >= 11 is 0. The molecule has 1 N–H and O–H groups in total. The summed E-state index contributed by atoms with van der Waals surface area (Å²) in [5, 5.41) is 3.57. The molecule has 1 aromatic rings. The van der Waals surface area contributed by atoms with E-state index in [4.69, 9.17) is 9.47 Å². The zero-order valence-electron chi connectivity index (χ0n) is 18.0. The van der Waals surface area contributed by atoms with Crippen molar-refractivity contribution < 1.29 is 9.47 Å². The Balaban J connectivity index is 0.00000392. The molecule has 0 amide bonds. The molecule has 1 atom stereocenters. The van der Waals surface area contributed by atoms with Gasteiger partial charge in [-0.3, -0.25) is 9.89 Å². The van der Waals surface area contributed by atoms with E-state index in [9.17, 15) is 0 Å². The third-order valence-corrected chi connectivity index (χ3v) is 4.98. The predicted octanol–water partition coefficient (Wildman–Crippen LogP) is 3.07. The molecular formula is C21H37IN4O2. The van der Waals surface area contributed by atoms with Crippen LogP contribution in [0.4, 0.5) is 0 Å². The van der Waals surface area contributed by atoms with Crippen LogP contribution in [-0.2, 0) is 11.3 Å². The lowest BCUT2D eigenvalue weighted by Crippen LogP contribution is -2.52. The average molecular weight is 504 g/mol. The molecule has 1 heterocycles. The number of nitrogens with one attached hydrogen (secondary N) is 1. The van der Waals surface area contributed by atoms with Crippen LogP contribution in [0.1, 0.15) is 26.3 Å². The lowest BCUT2D eigenvalue weighted by Gasteiger charge is -2.37. The van der Waals surface area contributed by atoms with Crippen molar-refractivity contribution in [2.24, 2.45) is 10.9 Å². The maximum Gasteiger partial charge on any atom is 0.193 e. The van der Waals surface area contributed by atoms with E-state index in [0.29, 0.717) is 18.6 Å². The second-order valence-electron chi connectivity index (χ2n) is 7.32. The molecular weight excluding hydrogens is 467 g/mol. The number of hydrogen-bond donors (Lipinski definition) is 1. The van der Waals surface area contributed by atoms with Crippen molar-refractivity contribution in [1.29, 1.82) is 0 Å². The normalized spacial score (nSPS) is 16.4. The van der Waals surface area contributed by atoms with E-state index in [0.717, 1.165) is 51.1 Å². The minimum Gasteiger partial charge on any atom is -0.494 e. The third-order valence-electron chi connectivity index (χ3n) is 4.98. The van der Waals surface area contributed by atoms with Gasteiger partial charge in [-0.1, -0.05) is 26.0 Å². The summed E-state index contributed by atoms with van der Waals surface area (Å²) in [6.45, 7) is 12.6. The number of halogens is 1. The summed E-state index contributed by atoms with van der Waals surface area (Å²) < 4.78 is 11.0. The highest BCUT2D eigenvalue weighted by Crippen LogP contribution is 2.14. The summed E-state index contributed by atoms with van der Waals surface area (Å²) in [5.41, 5.74) is 1.23. The zero-order chi connectivity index (χ0) is 19.6. The fourth-order valence-corrected chi connectivity index (χ4v) is 3.48. The Morgan fingerprint density at radius 1 is 1.25 bits per heavy atom. The second-order valence-corrected chi connectivity index (χ2v) is 7.32. The highest BCUT2D eigenvalue weighted by Gasteiger charge is 2.24. The Morgan fingerprint density at radius 2 is 1.89 bits per heavy atom. The number of benzene rings is 1. The molecule has 0 radical (unpaired) electrons. The highest BCUT2D eigenvalue weighted by atomic mass is 127. The number of guanidine groups is 1. The molecule has 160 valence electrons. The van der Waals surface area contributed by atoms with Crippen molar-refractivity contribution in [2.45, 2.75) is 33.4 Å². The van der Waals surface area contributed by atoms with E-state index in [2.05, 4.69) is 53.1 Å². The SMILES string of the molecule is CCOc1ccc(CN(C)C(=NC)NCC(C(C)C)N2CCOCC2)cc1.I. The molecule has 1 saturated heterocycles. The lowest BCUT2D eigenvalue weighted by molar-refractivity contribution is 0.00741. The van der Waals surface area contributed by atoms with Crippen LogP contribution >= 0.6 is 24.0 Å². The van der Waals surface area contributed by atoms with Gasteiger partial charge in [0, 0.05) is 46.3 Å². The average Bonchev–Trinajstić information content (AvgIpc) is 2.67. The summed E-state index contributed by atoms with van der Waals surface area (Å²) in [4.78, 5) is 9.16. The van der Waals surface area contributed by atoms with Crippen molar-refractivity contribution in [2.75, 3.05) is 53.6 Å². The highest BCUT2D eigenvalue weighted by molar-refractivity contribution is 14.0. The molecule has 1 fully saturated rings. The van der Waals surface area contributed by atoms with E-state index < -0.39 is 0 Å². The Labute approximate surface area is 187 Å². The van der Waals surface area contributed by atoms with E-state index in [1.807, 2.05) is 26.1 Å². The topological polar surface area (TPSA) is 49.3 Å². The maximum atomic E-state index is 5.52. The number of aliphatic imine (C=N–C) groups is 1. The van der Waals surface area contributed by atoms with Gasteiger partial charge in [0.25, 0.3) is 0 Å². The number of rotatable bonds is 8. The predicted molar refractivity (Wildman–Crippen MR) is 127 cm³/mol. The minimum absolute atomic E-state index is 0. The number of ether oxygens (including phenoxy) is 2. The number of morpholine rings is 1. The van der Waals surface area contributed by atoms with E-state index >= 15 is 0 Å². The van der Waals surface area contributed by atoms with Crippen molar-refractivity contribution in [1.82, 2.24) is 15.1 Å². The van der Waals surface area contributed by atoms with Crippen LogP contribution in [0.5, 0.6) is 5.75 Å². The van der Waals surface area contributed by atoms with Crippen LogP contribution in [0.25, 0.3) is 0 Å². The molecule has 28 heavy (non-hydrogen) atoms. The molecule has 0 aliphatic carbocycles. The van der Waals surface area contributed by atoms with Crippen LogP contribution < -0.4 is 10.1 Å². The first kappa shape index (κ1) is 25.0. The van der Waals surface area contributed by atoms with Gasteiger partial charge in [0.15, 0.2) is 5.96 Å². The smallest absolute Gasteiger partial charge is 0.193 e. The first-order chi connectivity index (χ1) is 13.0. The largest absolute Gasteiger partial charge is 0.494 e. The Morgan fingerprint density at radius 3 is 2.43 bits per heavy atom. The standard InChI is InChI=1S/C21H36N4O2.HI/c1-6-27-19-9-7-18(8-10-19)16-24(5)21(22-4)23-15-20(17(2)3)25-11-13-26-14-12-25;/h7-10,17,20H,6,11-16H2,1-5H3,(H,22,23);1H. The van der Waals surface area contributed by atoms with Gasteiger partial charge in [-0.25, -0.2) is 0 Å². The molecule has 1 aliphatic heterocycles. The molecule has 6 nitrogen and oxygen atoms in total. The molecule has 2 rings (SSSR count). The first-order valence-electron chi connectivity index (χ1n) is 10.0. The van der Waals surface area contributed by atoms with Gasteiger partial charge in [0.05, 0.1) is 19.8 Å². The van der Waals surface area contributed by atoms with E-state index in [1.165, 1.54) is 5.56 Å². The summed E-state index contributed by atoms with van der Waals surface area (Å²) in [5.74, 6) is 2.41. The van der Waals surface area contributed by atoms with Gasteiger partial charge >= 0.3 is 0 Å². The maximum absolute atomic E-state index is 5.52. The van der Waals surface area contributed by atoms with Gasteiger partial charge in [0.1, 0.15) is 5.75 Å². The Kier molecular flexibility index (Phi) is 11.8. The number of nitrogens with zero attached hydrogens (tertiary/aromatic N) is 3. The Bertz CT molecular complexity index is 574. The van der Waals surface area contributed by atoms with Crippen molar-refractivity contribution in [3.63, 3.8) is 0 Å². The van der Waals surface area contributed by atoms with Gasteiger partial charge in [-0.15, -0.1) is 24.0 Å². The van der Waals surface area contributed by atoms with Crippen LogP contribution in [0, 0.1) is 5.92 Å². The van der Waals surface area contributed by atoms with Crippen LogP contribution in [0.15, 0.2) is 29.3 Å². The summed E-state index contributed by atoms with van der Waals surface area (Å²) in [7, 11) is 3.92. The molecule has 0 spiro atoms. The van der Waals surface area contributed by atoms with Gasteiger partial charge in [-0.05, 0) is 30.5 Å². The first-order valence-corrected chi connectivity index (χ1v) is 10.0. The number of hydrogen-bond acceptors (Lipinski definition) is 4. The van der Waals surface area contributed by atoms with E-state index in [1.54, 1.807) is 0 Å². The van der Waals surface area contributed by atoms with Crippen molar-refractivity contribution in [3.05, 3.63) is 29.8 Å². The molecule has 1 aliphatic rings. The fourth-order valence-electron chi connectivity index (χ4n) is 3.48. The Hall–Kier alpha value is -1.06. The van der Waals surface area contributed by atoms with Crippen LogP contribution in [-0.4, -0.2) is 75.4 Å². The summed E-state index contributed by atoms with van der Waals surface area (Å²) in [6.07, 6.45) is 0. The van der Waals surface area contributed by atoms with E-state index in [-0.39, 0.29) is 24.0 Å². The quantitative estimate of drug-likeness (QED) is 0.335. The third kappa shape index (κ3) is 7.75. The van der Waals surface area contributed by atoms with Crippen molar-refractivity contribution in [3.8, 4) is 5.75 Å². The lowest BCUT2D eigenvalue weighted by atomic mass is 10.0. The van der Waals surface area contributed by atoms with Crippen LogP contribution in [0.2, 0.25) is 0 Å². The zero-order valence-corrected chi connectivity index (χ0v) is 20.3. The molecule has 0 saturated carbocycles. The van der Waals surface area contributed by atoms with Crippen LogP contribution in [0.3, 0.4) is 0 Å². The molecule has 0 aromatic heterocycles. The molecule has 1 aromatic carbocycles. The molecule has 7 heteroatoms.